The maximum absolute atomic E-state index is 2.23. The second-order valence-electron chi connectivity index (χ2n) is 12.6. The quantitative estimate of drug-likeness (QED) is 0.166. The number of hydrogen-bond donors (Lipinski definition) is 0. The van der Waals surface area contributed by atoms with Gasteiger partial charge < -0.3 is 0 Å². The van der Waals surface area contributed by atoms with Gasteiger partial charge in [-0.2, -0.15) is 0 Å². The lowest BCUT2D eigenvalue weighted by Gasteiger charge is -2.01. The van der Waals surface area contributed by atoms with E-state index in [0.717, 1.165) is 0 Å². The molecule has 4 heterocycles. The molecule has 0 aliphatic heterocycles. The summed E-state index contributed by atoms with van der Waals surface area (Å²) in [5.74, 6) is 0. The monoisotopic (exact) mass is 722 g/mol. The van der Waals surface area contributed by atoms with E-state index in [1.807, 2.05) is 45.3 Å². The average molecular weight is 723 g/mol. The van der Waals surface area contributed by atoms with Gasteiger partial charge in [0.15, 0.2) is 0 Å². The normalized spacial score (nSPS) is 10.6. The minimum absolute atomic E-state index is 1.29. The molecular formula is C46H42S4. The molecule has 0 unspecified atom stereocenters. The summed E-state index contributed by atoms with van der Waals surface area (Å²) >= 11 is 7.39. The molecule has 8 rings (SSSR count). The molecule has 4 heteroatoms. The minimum atomic E-state index is 1.29. The van der Waals surface area contributed by atoms with E-state index in [-0.39, 0.29) is 0 Å². The van der Waals surface area contributed by atoms with Gasteiger partial charge in [0.1, 0.15) is 0 Å². The van der Waals surface area contributed by atoms with Crippen molar-refractivity contribution in [2.75, 3.05) is 0 Å². The van der Waals surface area contributed by atoms with Crippen molar-refractivity contribution in [3.63, 3.8) is 0 Å². The van der Waals surface area contributed by atoms with Gasteiger partial charge in [-0.1, -0.05) is 114 Å². The standard InChI is InChI=1S/C22H18S2.2C12H12S/c1-15-3-6-17(7-4-15)21-13-14-22(24-21)19-10-8-18(9-11-19)20-12-5-16(2)23-20;2*1-9-3-6-11(7-4-9)12-8-5-10(2)13-12/h3-14H,1-2H3;2*3-8H,1-2H3. The third-order valence-electron chi connectivity index (χ3n) is 8.29. The first-order valence-electron chi connectivity index (χ1n) is 16.8. The van der Waals surface area contributed by atoms with Gasteiger partial charge in [-0.3, -0.25) is 0 Å². The predicted octanol–water partition coefficient (Wildman–Crippen LogP) is 15.5. The molecule has 50 heavy (non-hydrogen) atoms. The van der Waals surface area contributed by atoms with Gasteiger partial charge in [0.05, 0.1) is 0 Å². The Kier molecular flexibility index (Phi) is 11.8. The Morgan fingerprint density at radius 2 is 0.420 bits per heavy atom. The van der Waals surface area contributed by atoms with Crippen molar-refractivity contribution in [3.05, 3.63) is 177 Å². The van der Waals surface area contributed by atoms with Crippen molar-refractivity contribution < 1.29 is 0 Å². The molecule has 0 atom stereocenters. The molecule has 0 fully saturated rings. The van der Waals surface area contributed by atoms with Crippen molar-refractivity contribution in [1.82, 2.24) is 0 Å². The van der Waals surface area contributed by atoms with Crippen LogP contribution in [0.5, 0.6) is 0 Å². The molecule has 0 bridgehead atoms. The second kappa shape index (κ2) is 16.6. The summed E-state index contributed by atoms with van der Waals surface area (Å²) < 4.78 is 0. The average Bonchev–Trinajstić information content (AvgIpc) is 3.96. The fraction of sp³-hybridized carbons (Fsp3) is 0.130. The highest BCUT2D eigenvalue weighted by molar-refractivity contribution is 7.19. The van der Waals surface area contributed by atoms with Gasteiger partial charge in [-0.05, 0) is 118 Å². The zero-order valence-electron chi connectivity index (χ0n) is 29.5. The first-order valence-corrected chi connectivity index (χ1v) is 20.1. The summed E-state index contributed by atoms with van der Waals surface area (Å²) in [6, 6.07) is 52.6. The molecule has 0 nitrogen and oxygen atoms in total. The molecule has 4 aromatic heterocycles. The lowest BCUT2D eigenvalue weighted by molar-refractivity contribution is 1.48. The Bertz CT molecular complexity index is 2150. The van der Waals surface area contributed by atoms with Crippen LogP contribution in [0.25, 0.3) is 52.2 Å². The molecule has 0 saturated heterocycles. The third kappa shape index (κ3) is 9.47. The first kappa shape index (κ1) is 35.5. The Morgan fingerprint density at radius 3 is 0.640 bits per heavy atom. The predicted molar refractivity (Wildman–Crippen MR) is 226 cm³/mol. The molecule has 0 aliphatic carbocycles. The van der Waals surface area contributed by atoms with Crippen LogP contribution in [0.3, 0.4) is 0 Å². The molecular weight excluding hydrogens is 681 g/mol. The van der Waals surface area contributed by atoms with Gasteiger partial charge >= 0.3 is 0 Å². The van der Waals surface area contributed by atoms with Crippen LogP contribution in [0.4, 0.5) is 0 Å². The van der Waals surface area contributed by atoms with E-state index in [0.29, 0.717) is 0 Å². The SMILES string of the molecule is Cc1ccc(-c2ccc(-c3ccc(-c4ccc(C)s4)cc3)s2)cc1.Cc1ccc(-c2ccc(C)s2)cc1.Cc1ccc(-c2ccc(C)s2)cc1. The van der Waals surface area contributed by atoms with Crippen LogP contribution in [0.15, 0.2) is 146 Å². The second-order valence-corrected chi connectivity index (χ2v) is 17.5. The molecule has 0 aliphatic rings. The number of aryl methyl sites for hydroxylation is 6. The number of hydrogen-bond acceptors (Lipinski definition) is 4. The van der Waals surface area contributed by atoms with E-state index in [1.54, 1.807) is 0 Å². The first-order chi connectivity index (χ1) is 24.2. The Morgan fingerprint density at radius 1 is 0.220 bits per heavy atom. The summed E-state index contributed by atoms with van der Waals surface area (Å²) in [7, 11) is 0. The Hall–Kier alpha value is -4.32. The fourth-order valence-electron chi connectivity index (χ4n) is 5.37. The number of benzene rings is 4. The van der Waals surface area contributed by atoms with Crippen LogP contribution in [0.2, 0.25) is 0 Å². The summed E-state index contributed by atoms with van der Waals surface area (Å²) in [6.07, 6.45) is 0. The zero-order chi connectivity index (χ0) is 35.0. The van der Waals surface area contributed by atoms with Crippen LogP contribution in [-0.2, 0) is 0 Å². The van der Waals surface area contributed by atoms with E-state index < -0.39 is 0 Å². The van der Waals surface area contributed by atoms with Gasteiger partial charge in [-0.25, -0.2) is 0 Å². The lowest BCUT2D eigenvalue weighted by Crippen LogP contribution is -1.74. The smallest absolute Gasteiger partial charge is 0.0349 e. The van der Waals surface area contributed by atoms with E-state index in [4.69, 9.17) is 0 Å². The van der Waals surface area contributed by atoms with Crippen LogP contribution in [-0.4, -0.2) is 0 Å². The number of thiophene rings is 4. The van der Waals surface area contributed by atoms with Gasteiger partial charge in [0, 0.05) is 39.0 Å². The maximum Gasteiger partial charge on any atom is 0.0349 e. The van der Waals surface area contributed by atoms with Crippen LogP contribution >= 0.6 is 45.3 Å². The highest BCUT2D eigenvalue weighted by Crippen LogP contribution is 2.36. The van der Waals surface area contributed by atoms with Gasteiger partial charge in [0.2, 0.25) is 0 Å². The molecule has 0 amide bonds. The molecule has 250 valence electrons. The van der Waals surface area contributed by atoms with E-state index >= 15 is 0 Å². The molecule has 0 radical (unpaired) electrons. The van der Waals surface area contributed by atoms with E-state index in [2.05, 4.69) is 187 Å². The van der Waals surface area contributed by atoms with Crippen molar-refractivity contribution in [2.24, 2.45) is 0 Å². The topological polar surface area (TPSA) is 0 Å². The fourth-order valence-corrected chi connectivity index (χ4v) is 9.01. The number of rotatable bonds is 5. The summed E-state index contributed by atoms with van der Waals surface area (Å²) in [6.45, 7) is 12.8. The largest absolute Gasteiger partial charge is 0.141 e. The van der Waals surface area contributed by atoms with E-state index in [9.17, 15) is 0 Å². The van der Waals surface area contributed by atoms with Crippen molar-refractivity contribution in [3.8, 4) is 52.2 Å². The highest BCUT2D eigenvalue weighted by Gasteiger charge is 2.07. The van der Waals surface area contributed by atoms with E-state index in [1.165, 1.54) is 83.5 Å². The zero-order valence-corrected chi connectivity index (χ0v) is 32.8. The van der Waals surface area contributed by atoms with Crippen LogP contribution in [0.1, 0.15) is 31.3 Å². The Labute approximate surface area is 314 Å². The third-order valence-corrected chi connectivity index (χ3v) is 12.6. The van der Waals surface area contributed by atoms with Gasteiger partial charge in [0.25, 0.3) is 0 Å². The van der Waals surface area contributed by atoms with Crippen molar-refractivity contribution >= 4 is 45.3 Å². The maximum atomic E-state index is 2.23. The van der Waals surface area contributed by atoms with Crippen LogP contribution in [0, 0.1) is 41.5 Å². The Balaban J connectivity index is 0.000000141. The molecule has 8 aromatic rings. The molecule has 4 aromatic carbocycles. The van der Waals surface area contributed by atoms with Crippen molar-refractivity contribution in [1.29, 1.82) is 0 Å². The molecule has 0 saturated carbocycles. The molecule has 0 N–H and O–H groups in total. The minimum Gasteiger partial charge on any atom is -0.141 e. The summed E-state index contributed by atoms with van der Waals surface area (Å²) in [5.41, 5.74) is 10.5. The van der Waals surface area contributed by atoms with Crippen LogP contribution < -0.4 is 0 Å². The lowest BCUT2D eigenvalue weighted by atomic mass is 10.1. The van der Waals surface area contributed by atoms with Crippen molar-refractivity contribution in [2.45, 2.75) is 41.5 Å². The van der Waals surface area contributed by atoms with Gasteiger partial charge in [-0.15, -0.1) is 45.3 Å². The highest BCUT2D eigenvalue weighted by atomic mass is 32.1. The summed E-state index contributed by atoms with van der Waals surface area (Å²) in [4.78, 5) is 10.8. The molecule has 0 spiro atoms. The summed E-state index contributed by atoms with van der Waals surface area (Å²) in [5, 5.41) is 0.